The van der Waals surface area contributed by atoms with Crippen LogP contribution in [0.3, 0.4) is 0 Å². The molecule has 2 N–H and O–H groups in total. The van der Waals surface area contributed by atoms with Crippen LogP contribution in [0, 0.1) is 5.92 Å². The fraction of sp³-hybridized carbons (Fsp3) is 0.500. The fourth-order valence-electron chi connectivity index (χ4n) is 1.75. The molecule has 112 valence electrons. The molecule has 1 saturated heterocycles. The zero-order valence-corrected chi connectivity index (χ0v) is 12.4. The molecule has 1 heterocycles. The molecule has 1 aliphatic heterocycles. The third-order valence-corrected chi connectivity index (χ3v) is 3.10. The number of rotatable bonds is 7. The van der Waals surface area contributed by atoms with E-state index < -0.39 is 0 Å². The molecule has 20 heavy (non-hydrogen) atoms. The van der Waals surface area contributed by atoms with Crippen LogP contribution in [0.1, 0.15) is 5.56 Å². The van der Waals surface area contributed by atoms with Gasteiger partial charge in [-0.15, -0.1) is 12.4 Å². The summed E-state index contributed by atoms with van der Waals surface area (Å²) in [6, 6.07) is 7.73. The molecule has 6 heteroatoms. The maximum absolute atomic E-state index is 11.7. The molecule has 1 aliphatic rings. The molecule has 0 saturated carbocycles. The normalized spacial score (nSPS) is 14.1. The highest BCUT2D eigenvalue weighted by Crippen LogP contribution is 2.12. The second kappa shape index (κ2) is 8.79. The van der Waals surface area contributed by atoms with Crippen molar-refractivity contribution in [3.05, 3.63) is 29.8 Å². The first-order chi connectivity index (χ1) is 9.29. The third kappa shape index (κ3) is 5.00. The minimum atomic E-state index is 0. The van der Waals surface area contributed by atoms with Crippen LogP contribution in [0.4, 0.5) is 0 Å². The number of benzene rings is 1. The first kappa shape index (κ1) is 16.8. The van der Waals surface area contributed by atoms with Gasteiger partial charge in [0, 0.05) is 26.7 Å². The zero-order chi connectivity index (χ0) is 13.5. The number of amides is 1. The molecular formula is C14H21ClN2O3. The molecule has 1 amide bonds. The Morgan fingerprint density at radius 3 is 2.55 bits per heavy atom. The highest BCUT2D eigenvalue weighted by atomic mass is 35.5. The molecule has 0 aromatic heterocycles. The van der Waals surface area contributed by atoms with E-state index in [2.05, 4.69) is 10.6 Å². The summed E-state index contributed by atoms with van der Waals surface area (Å²) in [6.45, 7) is 3.26. The smallest absolute Gasteiger partial charge is 0.225 e. The Kier molecular flexibility index (Phi) is 7.36. The van der Waals surface area contributed by atoms with Gasteiger partial charge < -0.3 is 20.1 Å². The number of hydrogen-bond acceptors (Lipinski definition) is 4. The molecule has 0 unspecified atom stereocenters. The van der Waals surface area contributed by atoms with E-state index in [1.165, 1.54) is 0 Å². The van der Waals surface area contributed by atoms with Crippen LogP contribution in [0.2, 0.25) is 0 Å². The van der Waals surface area contributed by atoms with E-state index in [0.29, 0.717) is 19.8 Å². The van der Waals surface area contributed by atoms with Gasteiger partial charge in [0.2, 0.25) is 5.91 Å². The molecule has 0 aliphatic carbocycles. The predicted molar refractivity (Wildman–Crippen MR) is 79.3 cm³/mol. The number of halogens is 1. The van der Waals surface area contributed by atoms with Crippen molar-refractivity contribution in [2.24, 2.45) is 5.92 Å². The lowest BCUT2D eigenvalue weighted by Gasteiger charge is -2.25. The standard InChI is InChI=1S/C14H20N2O3.ClH/c1-18-6-7-19-13-4-2-11(3-5-13)8-16-14(17)12-9-15-10-12;/h2-5,12,15H,6-10H2,1H3,(H,16,17);1H. The first-order valence-corrected chi connectivity index (χ1v) is 6.48. The molecule has 2 rings (SSSR count). The zero-order valence-electron chi connectivity index (χ0n) is 11.6. The summed E-state index contributed by atoms with van der Waals surface area (Å²) in [5, 5.41) is 6.02. The number of hydrogen-bond donors (Lipinski definition) is 2. The van der Waals surface area contributed by atoms with Crippen LogP contribution >= 0.6 is 12.4 Å². The predicted octanol–water partition coefficient (Wildman–Crippen LogP) is 0.969. The van der Waals surface area contributed by atoms with Gasteiger partial charge >= 0.3 is 0 Å². The van der Waals surface area contributed by atoms with Crippen molar-refractivity contribution in [2.45, 2.75) is 6.54 Å². The molecule has 0 radical (unpaired) electrons. The summed E-state index contributed by atoms with van der Waals surface area (Å²) in [5.74, 6) is 1.08. The van der Waals surface area contributed by atoms with Gasteiger partial charge in [-0.2, -0.15) is 0 Å². The minimum Gasteiger partial charge on any atom is -0.491 e. The molecule has 0 atom stereocenters. The lowest BCUT2D eigenvalue weighted by atomic mass is 10.0. The fourth-order valence-corrected chi connectivity index (χ4v) is 1.75. The van der Waals surface area contributed by atoms with Gasteiger partial charge in [-0.25, -0.2) is 0 Å². The highest BCUT2D eigenvalue weighted by molar-refractivity contribution is 5.85. The molecule has 1 aromatic rings. The Bertz CT molecular complexity index is 407. The van der Waals surface area contributed by atoms with Crippen molar-refractivity contribution in [1.29, 1.82) is 0 Å². The van der Waals surface area contributed by atoms with E-state index in [-0.39, 0.29) is 24.2 Å². The number of nitrogens with one attached hydrogen (secondary N) is 2. The summed E-state index contributed by atoms with van der Waals surface area (Å²) >= 11 is 0. The van der Waals surface area contributed by atoms with Crippen LogP contribution in [0.5, 0.6) is 5.75 Å². The van der Waals surface area contributed by atoms with Crippen molar-refractivity contribution < 1.29 is 14.3 Å². The third-order valence-electron chi connectivity index (χ3n) is 3.10. The van der Waals surface area contributed by atoms with Crippen molar-refractivity contribution in [3.63, 3.8) is 0 Å². The van der Waals surface area contributed by atoms with Crippen LogP contribution < -0.4 is 15.4 Å². The van der Waals surface area contributed by atoms with Crippen molar-refractivity contribution in [1.82, 2.24) is 10.6 Å². The number of carbonyl (C=O) groups is 1. The van der Waals surface area contributed by atoms with Gasteiger partial charge in [0.1, 0.15) is 12.4 Å². The van der Waals surface area contributed by atoms with Gasteiger partial charge in [-0.3, -0.25) is 4.79 Å². The van der Waals surface area contributed by atoms with E-state index >= 15 is 0 Å². The Labute approximate surface area is 125 Å². The van der Waals surface area contributed by atoms with Crippen LogP contribution in [-0.2, 0) is 16.1 Å². The SMILES string of the molecule is COCCOc1ccc(CNC(=O)C2CNC2)cc1.Cl. The monoisotopic (exact) mass is 300 g/mol. The summed E-state index contributed by atoms with van der Waals surface area (Å²) < 4.78 is 10.4. The van der Waals surface area contributed by atoms with Gasteiger partial charge in [0.25, 0.3) is 0 Å². The Hall–Kier alpha value is -1.30. The van der Waals surface area contributed by atoms with E-state index in [0.717, 1.165) is 24.4 Å². The second-order valence-corrected chi connectivity index (χ2v) is 4.56. The van der Waals surface area contributed by atoms with Crippen molar-refractivity contribution in [2.75, 3.05) is 33.4 Å². The van der Waals surface area contributed by atoms with Crippen molar-refractivity contribution in [3.8, 4) is 5.75 Å². The number of ether oxygens (including phenoxy) is 2. The molecule has 5 nitrogen and oxygen atoms in total. The summed E-state index contributed by atoms with van der Waals surface area (Å²) in [5.41, 5.74) is 1.07. The van der Waals surface area contributed by atoms with Crippen LogP contribution in [0.25, 0.3) is 0 Å². The van der Waals surface area contributed by atoms with E-state index in [4.69, 9.17) is 9.47 Å². The summed E-state index contributed by atoms with van der Waals surface area (Å²) in [7, 11) is 1.65. The van der Waals surface area contributed by atoms with E-state index in [1.807, 2.05) is 24.3 Å². The highest BCUT2D eigenvalue weighted by Gasteiger charge is 2.24. The Morgan fingerprint density at radius 2 is 2.00 bits per heavy atom. The Morgan fingerprint density at radius 1 is 1.30 bits per heavy atom. The maximum atomic E-state index is 11.7. The average molecular weight is 301 g/mol. The maximum Gasteiger partial charge on any atom is 0.225 e. The van der Waals surface area contributed by atoms with Crippen LogP contribution in [0.15, 0.2) is 24.3 Å². The van der Waals surface area contributed by atoms with E-state index in [1.54, 1.807) is 7.11 Å². The van der Waals surface area contributed by atoms with Crippen molar-refractivity contribution >= 4 is 18.3 Å². The number of carbonyl (C=O) groups excluding carboxylic acids is 1. The largest absolute Gasteiger partial charge is 0.491 e. The molecule has 0 bridgehead atoms. The first-order valence-electron chi connectivity index (χ1n) is 6.48. The minimum absolute atomic E-state index is 0. The lowest BCUT2D eigenvalue weighted by Crippen LogP contribution is -2.50. The molecule has 1 aromatic carbocycles. The average Bonchev–Trinajstić information content (AvgIpc) is 2.36. The number of methoxy groups -OCH3 is 1. The summed E-state index contributed by atoms with van der Waals surface area (Å²) in [4.78, 5) is 11.7. The lowest BCUT2D eigenvalue weighted by molar-refractivity contribution is -0.126. The second-order valence-electron chi connectivity index (χ2n) is 4.56. The van der Waals surface area contributed by atoms with Gasteiger partial charge in [-0.05, 0) is 17.7 Å². The quantitative estimate of drug-likeness (QED) is 0.737. The molecule has 0 spiro atoms. The topological polar surface area (TPSA) is 59.6 Å². The van der Waals surface area contributed by atoms with E-state index in [9.17, 15) is 4.79 Å². The molecule has 1 fully saturated rings. The summed E-state index contributed by atoms with van der Waals surface area (Å²) in [6.07, 6.45) is 0. The van der Waals surface area contributed by atoms with Gasteiger partial charge in [0.15, 0.2) is 0 Å². The van der Waals surface area contributed by atoms with Crippen LogP contribution in [-0.4, -0.2) is 39.3 Å². The van der Waals surface area contributed by atoms with Gasteiger partial charge in [-0.1, -0.05) is 12.1 Å². The Balaban J connectivity index is 0.00000200. The van der Waals surface area contributed by atoms with Gasteiger partial charge in [0.05, 0.1) is 12.5 Å². The molecular weight excluding hydrogens is 280 g/mol.